The molecule has 3 aromatic rings. The predicted octanol–water partition coefficient (Wildman–Crippen LogP) is 5.93. The number of aromatic amines is 1. The highest BCUT2D eigenvalue weighted by atomic mass is 19.4. The molecule has 2 bridgehead atoms. The normalized spacial score (nSPS) is 32.9. The van der Waals surface area contributed by atoms with E-state index in [1.165, 1.54) is 12.1 Å². The molecule has 3 heterocycles. The van der Waals surface area contributed by atoms with Gasteiger partial charge in [0.25, 0.3) is 0 Å². The number of carbonyl (C=O) groups is 1. The largest absolute Gasteiger partial charge is 0.478 e. The quantitative estimate of drug-likeness (QED) is 0.352. The van der Waals surface area contributed by atoms with Crippen molar-refractivity contribution in [2.45, 2.75) is 55.9 Å². The number of carboxylic acids is 1. The van der Waals surface area contributed by atoms with Gasteiger partial charge in [-0.1, -0.05) is 24.3 Å². The molecule has 2 aromatic carbocycles. The van der Waals surface area contributed by atoms with Crippen molar-refractivity contribution in [1.82, 2.24) is 9.88 Å². The zero-order valence-electron chi connectivity index (χ0n) is 18.8. The smallest absolute Gasteiger partial charge is 0.395 e. The molecular weight excluding hydrogens is 460 g/mol. The maximum absolute atomic E-state index is 15.9. The van der Waals surface area contributed by atoms with Crippen molar-refractivity contribution in [3.05, 3.63) is 76.2 Å². The van der Waals surface area contributed by atoms with Crippen molar-refractivity contribution in [1.29, 1.82) is 0 Å². The minimum absolute atomic E-state index is 0.0147. The maximum Gasteiger partial charge on any atom is 0.395 e. The van der Waals surface area contributed by atoms with E-state index in [9.17, 15) is 18.0 Å². The molecule has 4 nitrogen and oxygen atoms in total. The van der Waals surface area contributed by atoms with Gasteiger partial charge in [0, 0.05) is 45.7 Å². The zero-order chi connectivity index (χ0) is 24.5. The number of H-pyrrole nitrogens is 1. The lowest BCUT2D eigenvalue weighted by Crippen LogP contribution is -2.86. The summed E-state index contributed by atoms with van der Waals surface area (Å²) in [5.74, 6) is -2.66. The van der Waals surface area contributed by atoms with E-state index in [0.29, 0.717) is 12.0 Å². The molecule has 180 valence electrons. The molecule has 1 spiro atoms. The van der Waals surface area contributed by atoms with E-state index in [0.717, 1.165) is 28.2 Å². The summed E-state index contributed by atoms with van der Waals surface area (Å²) in [6.45, 7) is 2.03. The van der Waals surface area contributed by atoms with Crippen molar-refractivity contribution in [2.24, 2.45) is 5.41 Å². The molecule has 35 heavy (non-hydrogen) atoms. The first kappa shape index (κ1) is 21.2. The molecule has 8 rings (SSSR count). The van der Waals surface area contributed by atoms with Gasteiger partial charge >= 0.3 is 12.1 Å². The van der Waals surface area contributed by atoms with Crippen LogP contribution in [0.1, 0.15) is 59.7 Å². The number of aliphatic carboxylic acids is 1. The van der Waals surface area contributed by atoms with Gasteiger partial charge < -0.3 is 10.1 Å². The number of fused-ring (bicyclic) bond motifs is 7. The van der Waals surface area contributed by atoms with Crippen LogP contribution >= 0.6 is 0 Å². The Hall–Kier alpha value is -3.13. The van der Waals surface area contributed by atoms with Crippen molar-refractivity contribution in [3.63, 3.8) is 0 Å². The third-order valence-corrected chi connectivity index (χ3v) is 8.97. The SMILES string of the molecule is C[C@@H]1Cc2c([nH]c3ccccc23)[C@@H]2c3c(F)cc(/C=C/C(=O)O)cc3C3C4(CC3(C(F)(F)F)C4)N21. The molecule has 0 amide bonds. The van der Waals surface area contributed by atoms with Crippen molar-refractivity contribution in [2.75, 3.05) is 0 Å². The number of halogens is 4. The van der Waals surface area contributed by atoms with Gasteiger partial charge in [-0.15, -0.1) is 0 Å². The second kappa shape index (κ2) is 6.35. The third kappa shape index (κ3) is 2.38. The topological polar surface area (TPSA) is 56.3 Å². The maximum atomic E-state index is 15.9. The number of nitrogens with one attached hydrogen (secondary N) is 1. The van der Waals surface area contributed by atoms with E-state index in [1.54, 1.807) is 6.07 Å². The van der Waals surface area contributed by atoms with Gasteiger partial charge in [0.05, 0.1) is 11.5 Å². The minimum Gasteiger partial charge on any atom is -0.478 e. The third-order valence-electron chi connectivity index (χ3n) is 8.97. The summed E-state index contributed by atoms with van der Waals surface area (Å²) in [6, 6.07) is 10.1. The van der Waals surface area contributed by atoms with Crippen LogP contribution in [0.4, 0.5) is 17.6 Å². The Balaban J connectivity index is 1.50. The number of para-hydroxylation sites is 1. The molecule has 0 saturated heterocycles. The number of benzene rings is 2. The minimum atomic E-state index is -4.39. The molecule has 3 aliphatic carbocycles. The van der Waals surface area contributed by atoms with E-state index in [4.69, 9.17) is 5.11 Å². The lowest BCUT2D eigenvalue weighted by atomic mass is 9.29. The highest BCUT2D eigenvalue weighted by molar-refractivity contribution is 5.86. The molecule has 2 aliphatic heterocycles. The van der Waals surface area contributed by atoms with Gasteiger partial charge in [0.1, 0.15) is 5.82 Å². The summed E-state index contributed by atoms with van der Waals surface area (Å²) in [5, 5.41) is 10.1. The molecular formula is C27H22F4N2O2. The number of carboxylic acid groups (broad SMARTS) is 1. The summed E-state index contributed by atoms with van der Waals surface area (Å²) < 4.78 is 58.9. The van der Waals surface area contributed by atoms with E-state index in [1.807, 2.05) is 31.2 Å². The van der Waals surface area contributed by atoms with Crippen molar-refractivity contribution >= 4 is 22.9 Å². The molecule has 1 unspecified atom stereocenters. The predicted molar refractivity (Wildman–Crippen MR) is 121 cm³/mol. The van der Waals surface area contributed by atoms with Crippen LogP contribution in [-0.2, 0) is 11.2 Å². The summed E-state index contributed by atoms with van der Waals surface area (Å²) in [4.78, 5) is 16.6. The summed E-state index contributed by atoms with van der Waals surface area (Å²) in [5.41, 5.74) is 1.25. The Kier molecular flexibility index (Phi) is 3.84. The summed E-state index contributed by atoms with van der Waals surface area (Å²) >= 11 is 0. The molecule has 0 radical (unpaired) electrons. The Morgan fingerprint density at radius 1 is 1.23 bits per heavy atom. The van der Waals surface area contributed by atoms with E-state index in [2.05, 4.69) is 9.88 Å². The molecule has 5 aliphatic rings. The van der Waals surface area contributed by atoms with Crippen LogP contribution in [0.3, 0.4) is 0 Å². The van der Waals surface area contributed by atoms with Crippen LogP contribution < -0.4 is 0 Å². The Morgan fingerprint density at radius 2 is 1.97 bits per heavy atom. The molecule has 3 saturated carbocycles. The van der Waals surface area contributed by atoms with Crippen molar-refractivity contribution < 1.29 is 27.5 Å². The van der Waals surface area contributed by atoms with Gasteiger partial charge in [0.15, 0.2) is 0 Å². The monoisotopic (exact) mass is 482 g/mol. The molecule has 2 N–H and O–H groups in total. The highest BCUT2D eigenvalue weighted by Gasteiger charge is 2.88. The zero-order valence-corrected chi connectivity index (χ0v) is 18.8. The number of rotatable bonds is 2. The van der Waals surface area contributed by atoms with Crippen LogP contribution in [0.2, 0.25) is 0 Å². The molecule has 3 fully saturated rings. The molecule has 8 heteroatoms. The summed E-state index contributed by atoms with van der Waals surface area (Å²) in [6.07, 6.45) is -1.56. The van der Waals surface area contributed by atoms with E-state index >= 15 is 4.39 Å². The van der Waals surface area contributed by atoms with Gasteiger partial charge in [-0.05, 0) is 61.1 Å². The second-order valence-electron chi connectivity index (χ2n) is 10.6. The van der Waals surface area contributed by atoms with E-state index < -0.39 is 40.9 Å². The Morgan fingerprint density at radius 3 is 2.69 bits per heavy atom. The number of alkyl halides is 3. The number of hydrogen-bond donors (Lipinski definition) is 2. The lowest BCUT2D eigenvalue weighted by Gasteiger charge is -2.82. The van der Waals surface area contributed by atoms with Crippen LogP contribution in [0, 0.1) is 11.2 Å². The first-order valence-electron chi connectivity index (χ1n) is 11.8. The second-order valence-corrected chi connectivity index (χ2v) is 10.6. The van der Waals surface area contributed by atoms with Crippen LogP contribution in [0.15, 0.2) is 42.5 Å². The lowest BCUT2D eigenvalue weighted by molar-refractivity contribution is -0.389. The van der Waals surface area contributed by atoms with Crippen LogP contribution in [-0.4, -0.2) is 38.7 Å². The highest BCUT2D eigenvalue weighted by Crippen LogP contribution is 2.85. The standard InChI is InChI=1S/C27H22F4N2O2/c1-13-8-16-15-4-2-3-5-19(15)32-22(16)23-21-17(9-14(10-18(21)28)6-7-20(34)35)24-25(27(29,30)31)11-26(24,12-25)33(13)23/h2-7,9-10,13,23-24,32H,8,11-12H2,1H3,(H,34,35)/b7-6+/t13-,23+,24?,25?,26?/m1/s1. The first-order chi connectivity index (χ1) is 16.6. The van der Waals surface area contributed by atoms with Gasteiger partial charge in [-0.3, -0.25) is 4.90 Å². The fourth-order valence-corrected chi connectivity index (χ4v) is 7.88. The molecule has 3 atom stereocenters. The fourth-order valence-electron chi connectivity index (χ4n) is 7.88. The fraction of sp³-hybridized carbons (Fsp3) is 0.370. The van der Waals surface area contributed by atoms with Crippen LogP contribution in [0.25, 0.3) is 17.0 Å². The van der Waals surface area contributed by atoms with Gasteiger partial charge in [-0.25, -0.2) is 9.18 Å². The Labute approximate surface area is 198 Å². The number of nitrogens with zero attached hydrogens (tertiary/aromatic N) is 1. The van der Waals surface area contributed by atoms with Gasteiger partial charge in [-0.2, -0.15) is 13.2 Å². The molecule has 1 aromatic heterocycles. The average molecular weight is 482 g/mol. The van der Waals surface area contributed by atoms with E-state index in [-0.39, 0.29) is 30.0 Å². The van der Waals surface area contributed by atoms with Gasteiger partial charge in [0.2, 0.25) is 0 Å². The Bertz CT molecular complexity index is 1460. The average Bonchev–Trinajstić information content (AvgIpc) is 3.08. The van der Waals surface area contributed by atoms with Crippen molar-refractivity contribution in [3.8, 4) is 0 Å². The number of hydrogen-bond acceptors (Lipinski definition) is 2. The first-order valence-corrected chi connectivity index (χ1v) is 11.8. The summed E-state index contributed by atoms with van der Waals surface area (Å²) in [7, 11) is 0. The number of aromatic nitrogens is 1. The van der Waals surface area contributed by atoms with Crippen LogP contribution in [0.5, 0.6) is 0 Å².